The summed E-state index contributed by atoms with van der Waals surface area (Å²) in [5.41, 5.74) is -0.417. The van der Waals surface area contributed by atoms with E-state index in [0.717, 1.165) is 17.7 Å². The molecule has 3 aromatic carbocycles. The van der Waals surface area contributed by atoms with E-state index in [2.05, 4.69) is 6.58 Å². The maximum absolute atomic E-state index is 13.8. The first-order chi connectivity index (χ1) is 17.5. The van der Waals surface area contributed by atoms with Crippen LogP contribution < -0.4 is 4.90 Å². The molecule has 1 amide bonds. The van der Waals surface area contributed by atoms with Crippen molar-refractivity contribution in [3.05, 3.63) is 112 Å². The summed E-state index contributed by atoms with van der Waals surface area (Å²) in [6, 6.07) is 17.1. The fourth-order valence-electron chi connectivity index (χ4n) is 4.84. The molecule has 0 bridgehead atoms. The number of hydrogen-bond acceptors (Lipinski definition) is 3. The highest BCUT2D eigenvalue weighted by atomic mass is 35.5. The molecule has 37 heavy (non-hydrogen) atoms. The van der Waals surface area contributed by atoms with E-state index in [1.807, 2.05) is 19.1 Å². The van der Waals surface area contributed by atoms with Crippen LogP contribution in [0.4, 0.5) is 18.9 Å². The Labute approximate surface area is 218 Å². The van der Waals surface area contributed by atoms with Crippen LogP contribution in [-0.4, -0.2) is 24.2 Å². The van der Waals surface area contributed by atoms with E-state index in [1.165, 1.54) is 18.1 Å². The Morgan fingerprint density at radius 1 is 1.16 bits per heavy atom. The molecule has 0 fully saturated rings. The van der Waals surface area contributed by atoms with Crippen molar-refractivity contribution in [1.29, 1.82) is 0 Å². The molecule has 0 aliphatic carbocycles. The van der Waals surface area contributed by atoms with E-state index >= 15 is 0 Å². The van der Waals surface area contributed by atoms with Gasteiger partial charge in [0.05, 0.1) is 17.8 Å². The first kappa shape index (κ1) is 26.9. The highest BCUT2D eigenvalue weighted by molar-refractivity contribution is 6.31. The lowest BCUT2D eigenvalue weighted by atomic mass is 9.76. The zero-order chi connectivity index (χ0) is 27.0. The third-order valence-electron chi connectivity index (χ3n) is 6.83. The molecule has 3 aromatic rings. The zero-order valence-corrected chi connectivity index (χ0v) is 21.2. The van der Waals surface area contributed by atoms with Crippen molar-refractivity contribution in [3.8, 4) is 0 Å². The zero-order valence-electron chi connectivity index (χ0n) is 20.4. The molecule has 0 radical (unpaired) electrons. The molecule has 194 valence electrons. The first-order valence-corrected chi connectivity index (χ1v) is 12.1. The second-order valence-electron chi connectivity index (χ2n) is 9.18. The Balaban J connectivity index is 1.91. The van der Waals surface area contributed by atoms with Crippen molar-refractivity contribution >= 4 is 23.2 Å². The van der Waals surface area contributed by atoms with Gasteiger partial charge in [0.1, 0.15) is 0 Å². The quantitative estimate of drug-likeness (QED) is 0.341. The number of fused-ring (bicyclic) bond motifs is 1. The third-order valence-corrected chi connectivity index (χ3v) is 7.20. The Morgan fingerprint density at radius 3 is 2.49 bits per heavy atom. The lowest BCUT2D eigenvalue weighted by Gasteiger charge is -2.45. The average molecular weight is 530 g/mol. The van der Waals surface area contributed by atoms with Crippen molar-refractivity contribution in [2.45, 2.75) is 43.7 Å². The summed E-state index contributed by atoms with van der Waals surface area (Å²) in [4.78, 5) is 15.1. The molecule has 4 rings (SSSR count). The summed E-state index contributed by atoms with van der Waals surface area (Å²) in [6.45, 7) is 5.59. The fraction of sp³-hybridized carbons (Fsp3) is 0.276. The molecule has 0 aromatic heterocycles. The number of benzene rings is 3. The number of methoxy groups -OCH3 is 1. The van der Waals surface area contributed by atoms with E-state index in [4.69, 9.17) is 16.3 Å². The smallest absolute Gasteiger partial charge is 0.377 e. The second-order valence-corrected chi connectivity index (χ2v) is 9.59. The highest BCUT2D eigenvalue weighted by Gasteiger charge is 2.52. The minimum absolute atomic E-state index is 0.0767. The second kappa shape index (κ2) is 10.3. The predicted molar refractivity (Wildman–Crippen MR) is 138 cm³/mol. The number of alkyl halides is 3. The lowest BCUT2D eigenvalue weighted by Crippen LogP contribution is -2.57. The van der Waals surface area contributed by atoms with Crippen LogP contribution >= 0.6 is 11.6 Å². The van der Waals surface area contributed by atoms with E-state index in [9.17, 15) is 23.1 Å². The number of carbonyl (C=O) groups is 1. The van der Waals surface area contributed by atoms with Gasteiger partial charge in [0, 0.05) is 17.7 Å². The molecule has 0 saturated heterocycles. The van der Waals surface area contributed by atoms with Crippen LogP contribution in [0.5, 0.6) is 0 Å². The summed E-state index contributed by atoms with van der Waals surface area (Å²) >= 11 is 6.27. The van der Waals surface area contributed by atoms with Gasteiger partial charge >= 0.3 is 6.18 Å². The van der Waals surface area contributed by atoms with E-state index in [1.54, 1.807) is 42.5 Å². The standard InChI is InChI=1S/C29H27ClF3NO3/c1-4-8-18(2)19-11-14-25-23(16-19)28(36,21-9-6-5-7-10-21)26(37-3)27(35)34(25)17-20-15-22(29(31,32)33)12-13-24(20)30/h4-7,9-16,18,26,36H,1,8,17H2,2-3H3. The summed E-state index contributed by atoms with van der Waals surface area (Å²) in [5, 5.41) is 12.3. The van der Waals surface area contributed by atoms with Crippen molar-refractivity contribution < 1.29 is 27.8 Å². The van der Waals surface area contributed by atoms with Crippen LogP contribution in [0.25, 0.3) is 0 Å². The van der Waals surface area contributed by atoms with Gasteiger partial charge < -0.3 is 14.7 Å². The first-order valence-electron chi connectivity index (χ1n) is 11.7. The van der Waals surface area contributed by atoms with Crippen LogP contribution in [-0.2, 0) is 27.9 Å². The minimum Gasteiger partial charge on any atom is -0.377 e. The number of ether oxygens (including phenoxy) is 1. The molecule has 4 nitrogen and oxygen atoms in total. The van der Waals surface area contributed by atoms with Crippen molar-refractivity contribution in [3.63, 3.8) is 0 Å². The van der Waals surface area contributed by atoms with Crippen LogP contribution in [0, 0.1) is 0 Å². The number of halogens is 4. The fourth-order valence-corrected chi connectivity index (χ4v) is 5.02. The van der Waals surface area contributed by atoms with Gasteiger partial charge in [0.2, 0.25) is 0 Å². The van der Waals surface area contributed by atoms with Gasteiger partial charge in [-0.15, -0.1) is 6.58 Å². The van der Waals surface area contributed by atoms with Gasteiger partial charge in [-0.25, -0.2) is 0 Å². The van der Waals surface area contributed by atoms with Gasteiger partial charge in [-0.2, -0.15) is 13.2 Å². The van der Waals surface area contributed by atoms with Crippen LogP contribution in [0.3, 0.4) is 0 Å². The number of aliphatic hydroxyl groups is 1. The van der Waals surface area contributed by atoms with Crippen molar-refractivity contribution in [1.82, 2.24) is 0 Å². The van der Waals surface area contributed by atoms with Crippen LogP contribution in [0.2, 0.25) is 5.02 Å². The Morgan fingerprint density at radius 2 is 1.86 bits per heavy atom. The maximum atomic E-state index is 13.8. The maximum Gasteiger partial charge on any atom is 0.416 e. The number of rotatable bonds is 7. The average Bonchev–Trinajstić information content (AvgIpc) is 2.87. The SMILES string of the molecule is C=CCC(C)c1ccc2c(c1)C(O)(c1ccccc1)C(OC)C(=O)N2Cc1cc(C(F)(F)F)ccc1Cl. The van der Waals surface area contributed by atoms with Gasteiger partial charge in [-0.1, -0.05) is 67.1 Å². The third kappa shape index (κ3) is 4.91. The van der Waals surface area contributed by atoms with Gasteiger partial charge in [0.25, 0.3) is 5.91 Å². The Hall–Kier alpha value is -3.13. The largest absolute Gasteiger partial charge is 0.416 e. The summed E-state index contributed by atoms with van der Waals surface area (Å²) < 4.78 is 45.8. The molecule has 1 aliphatic heterocycles. The van der Waals surface area contributed by atoms with Crippen molar-refractivity contribution in [2.75, 3.05) is 12.0 Å². The summed E-state index contributed by atoms with van der Waals surface area (Å²) in [5.74, 6) is -0.519. The van der Waals surface area contributed by atoms with Crippen LogP contribution in [0.15, 0.2) is 79.4 Å². The number of amides is 1. The topological polar surface area (TPSA) is 49.8 Å². The van der Waals surface area contributed by atoms with Gasteiger partial charge in [-0.05, 0) is 53.3 Å². The Kier molecular flexibility index (Phi) is 7.51. The Bertz CT molecular complexity index is 1310. The van der Waals surface area contributed by atoms with Crippen molar-refractivity contribution in [2.24, 2.45) is 0 Å². The number of nitrogens with zero attached hydrogens (tertiary/aromatic N) is 1. The van der Waals surface area contributed by atoms with Gasteiger partial charge in [0.15, 0.2) is 11.7 Å². The predicted octanol–water partition coefficient (Wildman–Crippen LogP) is 6.84. The minimum atomic E-state index is -4.57. The summed E-state index contributed by atoms with van der Waals surface area (Å²) in [7, 11) is 1.32. The molecule has 8 heteroatoms. The highest BCUT2D eigenvalue weighted by Crippen LogP contribution is 2.46. The molecule has 3 atom stereocenters. The normalized spacial score (nSPS) is 20.5. The molecule has 1 heterocycles. The molecule has 0 saturated carbocycles. The van der Waals surface area contributed by atoms with E-state index in [0.29, 0.717) is 23.2 Å². The molecule has 0 spiro atoms. The van der Waals surface area contributed by atoms with E-state index in [-0.39, 0.29) is 23.0 Å². The number of anilines is 1. The number of hydrogen-bond donors (Lipinski definition) is 1. The summed E-state index contributed by atoms with van der Waals surface area (Å²) in [6.07, 6.45) is -3.42. The molecule has 3 unspecified atom stereocenters. The lowest BCUT2D eigenvalue weighted by molar-refractivity contribution is -0.145. The monoisotopic (exact) mass is 529 g/mol. The molecular weight excluding hydrogens is 503 g/mol. The molecular formula is C29H27ClF3NO3. The van der Waals surface area contributed by atoms with E-state index < -0.39 is 29.4 Å². The number of carbonyl (C=O) groups excluding carboxylic acids is 1. The molecule has 1 aliphatic rings. The molecule has 1 N–H and O–H groups in total. The van der Waals surface area contributed by atoms with Crippen LogP contribution in [0.1, 0.15) is 47.1 Å². The number of allylic oxidation sites excluding steroid dienone is 1. The van der Waals surface area contributed by atoms with Gasteiger partial charge in [-0.3, -0.25) is 4.79 Å².